The van der Waals surface area contributed by atoms with Crippen molar-refractivity contribution in [3.63, 3.8) is 0 Å². The van der Waals surface area contributed by atoms with Gasteiger partial charge in [0.25, 0.3) is 0 Å². The monoisotopic (exact) mass is 219 g/mol. The zero-order valence-electron chi connectivity index (χ0n) is 9.77. The van der Waals surface area contributed by atoms with Crippen LogP contribution in [0.2, 0.25) is 0 Å². The van der Waals surface area contributed by atoms with Crippen LogP contribution in [-0.4, -0.2) is 16.9 Å². The molecule has 1 aliphatic carbocycles. The van der Waals surface area contributed by atoms with E-state index in [1.54, 1.807) is 12.4 Å². The van der Waals surface area contributed by atoms with Crippen molar-refractivity contribution in [2.24, 2.45) is 5.41 Å². The summed E-state index contributed by atoms with van der Waals surface area (Å²) in [6.07, 6.45) is 5.68. The van der Waals surface area contributed by atoms with Gasteiger partial charge in [-0.05, 0) is 25.0 Å². The molecule has 2 rings (SSSR count). The molecule has 1 aliphatic rings. The maximum atomic E-state index is 11.7. The average Bonchev–Trinajstić information content (AvgIpc) is 2.32. The summed E-state index contributed by atoms with van der Waals surface area (Å²) in [5.41, 5.74) is -0.254. The lowest BCUT2D eigenvalue weighted by molar-refractivity contribution is -0.153. The summed E-state index contributed by atoms with van der Waals surface area (Å²) in [6.45, 7) is 4.11. The van der Waals surface area contributed by atoms with Gasteiger partial charge < -0.3 is 4.74 Å². The average molecular weight is 219 g/mol. The van der Waals surface area contributed by atoms with Crippen LogP contribution in [0.4, 0.5) is 0 Å². The molecule has 3 nitrogen and oxygen atoms in total. The summed E-state index contributed by atoms with van der Waals surface area (Å²) in [4.78, 5) is 15.7. The van der Waals surface area contributed by atoms with Gasteiger partial charge in [-0.25, -0.2) is 0 Å². The summed E-state index contributed by atoms with van der Waals surface area (Å²) in [5, 5.41) is 0. The van der Waals surface area contributed by atoms with Crippen molar-refractivity contribution < 1.29 is 9.53 Å². The molecule has 0 radical (unpaired) electrons. The number of carbonyl (C=O) groups excluding carboxylic acids is 1. The molecule has 16 heavy (non-hydrogen) atoms. The molecule has 0 saturated heterocycles. The highest BCUT2D eigenvalue weighted by Crippen LogP contribution is 2.45. The third-order valence-corrected chi connectivity index (χ3v) is 3.72. The maximum absolute atomic E-state index is 11.7. The molecule has 1 unspecified atom stereocenters. The third kappa shape index (κ3) is 1.60. The van der Waals surface area contributed by atoms with E-state index >= 15 is 0 Å². The van der Waals surface area contributed by atoms with Crippen LogP contribution in [-0.2, 0) is 4.79 Å². The van der Waals surface area contributed by atoms with E-state index in [0.29, 0.717) is 12.2 Å². The van der Waals surface area contributed by atoms with E-state index in [0.717, 1.165) is 18.6 Å². The molecule has 0 spiro atoms. The first kappa shape index (κ1) is 11.1. The fourth-order valence-electron chi connectivity index (χ4n) is 2.45. The lowest BCUT2D eigenvalue weighted by atomic mass is 9.61. The van der Waals surface area contributed by atoms with E-state index in [2.05, 4.69) is 18.8 Å². The minimum absolute atomic E-state index is 0.0270. The Morgan fingerprint density at radius 3 is 2.75 bits per heavy atom. The predicted molar refractivity (Wildman–Crippen MR) is 61.3 cm³/mol. The van der Waals surface area contributed by atoms with Crippen LogP contribution in [0.1, 0.15) is 33.1 Å². The zero-order chi connectivity index (χ0) is 11.6. The Morgan fingerprint density at radius 2 is 2.25 bits per heavy atom. The molecule has 0 N–H and O–H groups in total. The van der Waals surface area contributed by atoms with E-state index in [9.17, 15) is 4.79 Å². The molecule has 0 aromatic carbocycles. The highest BCUT2D eigenvalue weighted by atomic mass is 16.5. The van der Waals surface area contributed by atoms with E-state index in [-0.39, 0.29) is 11.5 Å². The molecule has 1 aromatic heterocycles. The fourth-order valence-corrected chi connectivity index (χ4v) is 2.45. The van der Waals surface area contributed by atoms with Crippen LogP contribution in [0.5, 0.6) is 5.75 Å². The van der Waals surface area contributed by atoms with Gasteiger partial charge in [0.15, 0.2) is 0 Å². The summed E-state index contributed by atoms with van der Waals surface area (Å²) >= 11 is 0. The van der Waals surface area contributed by atoms with E-state index in [1.165, 1.54) is 0 Å². The van der Waals surface area contributed by atoms with Crippen molar-refractivity contribution >= 4 is 5.78 Å². The summed E-state index contributed by atoms with van der Waals surface area (Å²) in [7, 11) is 0. The number of ketones is 1. The van der Waals surface area contributed by atoms with Crippen LogP contribution >= 0.6 is 0 Å². The molecule has 1 fully saturated rings. The van der Waals surface area contributed by atoms with Gasteiger partial charge in [0, 0.05) is 12.6 Å². The van der Waals surface area contributed by atoms with Gasteiger partial charge in [0.2, 0.25) is 0 Å². The summed E-state index contributed by atoms with van der Waals surface area (Å²) < 4.78 is 5.84. The number of nitrogens with zero attached hydrogens (tertiary/aromatic N) is 1. The Bertz CT molecular complexity index is 371. The van der Waals surface area contributed by atoms with Crippen LogP contribution in [0.25, 0.3) is 0 Å². The van der Waals surface area contributed by atoms with Gasteiger partial charge in [0.1, 0.15) is 17.6 Å². The van der Waals surface area contributed by atoms with Gasteiger partial charge in [-0.2, -0.15) is 0 Å². The van der Waals surface area contributed by atoms with Crippen LogP contribution in [0.3, 0.4) is 0 Å². The SMILES string of the molecule is CCC1(CC)C(=O)CC1Oc1cccnc1. The maximum Gasteiger partial charge on any atom is 0.146 e. The van der Waals surface area contributed by atoms with Crippen molar-refractivity contribution in [1.82, 2.24) is 4.98 Å². The van der Waals surface area contributed by atoms with Gasteiger partial charge in [-0.3, -0.25) is 9.78 Å². The Morgan fingerprint density at radius 1 is 1.50 bits per heavy atom. The number of carbonyl (C=O) groups is 1. The van der Waals surface area contributed by atoms with Crippen molar-refractivity contribution in [3.8, 4) is 5.75 Å². The molecule has 1 atom stereocenters. The Kier molecular flexibility index (Phi) is 2.95. The van der Waals surface area contributed by atoms with E-state index in [1.807, 2.05) is 12.1 Å². The van der Waals surface area contributed by atoms with Crippen LogP contribution in [0.15, 0.2) is 24.5 Å². The van der Waals surface area contributed by atoms with Gasteiger partial charge >= 0.3 is 0 Å². The molecule has 0 bridgehead atoms. The number of hydrogen-bond donors (Lipinski definition) is 0. The second kappa shape index (κ2) is 4.24. The lowest BCUT2D eigenvalue weighted by Crippen LogP contribution is -2.56. The molecule has 0 aliphatic heterocycles. The Balaban J connectivity index is 2.10. The van der Waals surface area contributed by atoms with Crippen LogP contribution < -0.4 is 4.74 Å². The number of pyridine rings is 1. The normalized spacial score (nSPS) is 22.6. The number of hydrogen-bond acceptors (Lipinski definition) is 3. The van der Waals surface area contributed by atoms with Crippen molar-refractivity contribution in [2.45, 2.75) is 39.2 Å². The molecule has 1 heterocycles. The predicted octanol–water partition coefficient (Wildman–Crippen LogP) is 2.61. The number of rotatable bonds is 4. The first-order chi connectivity index (χ1) is 7.73. The molecule has 1 saturated carbocycles. The smallest absolute Gasteiger partial charge is 0.146 e. The van der Waals surface area contributed by atoms with Crippen molar-refractivity contribution in [3.05, 3.63) is 24.5 Å². The topological polar surface area (TPSA) is 39.2 Å². The van der Waals surface area contributed by atoms with Crippen molar-refractivity contribution in [1.29, 1.82) is 0 Å². The van der Waals surface area contributed by atoms with E-state index < -0.39 is 0 Å². The highest BCUT2D eigenvalue weighted by Gasteiger charge is 2.53. The first-order valence-electron chi connectivity index (χ1n) is 5.83. The number of ether oxygens (including phenoxy) is 1. The second-order valence-electron chi connectivity index (χ2n) is 4.29. The molecule has 3 heteroatoms. The van der Waals surface area contributed by atoms with E-state index in [4.69, 9.17) is 4.74 Å². The van der Waals surface area contributed by atoms with Crippen molar-refractivity contribution in [2.75, 3.05) is 0 Å². The molecule has 1 aromatic rings. The van der Waals surface area contributed by atoms with Gasteiger partial charge in [0.05, 0.1) is 11.6 Å². The standard InChI is InChI=1S/C13H17NO2/c1-3-13(4-2)11(15)8-12(13)16-10-6-5-7-14-9-10/h5-7,9,12H,3-4,8H2,1-2H3. The summed E-state index contributed by atoms with van der Waals surface area (Å²) in [5.74, 6) is 1.10. The Labute approximate surface area is 95.8 Å². The second-order valence-corrected chi connectivity index (χ2v) is 4.29. The fraction of sp³-hybridized carbons (Fsp3) is 0.538. The van der Waals surface area contributed by atoms with Gasteiger partial charge in [-0.1, -0.05) is 13.8 Å². The minimum atomic E-state index is -0.254. The molecular formula is C13H17NO2. The van der Waals surface area contributed by atoms with Crippen LogP contribution in [0, 0.1) is 5.41 Å². The largest absolute Gasteiger partial charge is 0.487 e. The molecule has 0 amide bonds. The minimum Gasteiger partial charge on any atom is -0.487 e. The highest BCUT2D eigenvalue weighted by molar-refractivity contribution is 5.92. The number of Topliss-reactive ketones (excluding diaryl/α,β-unsaturated/α-hetero) is 1. The van der Waals surface area contributed by atoms with Gasteiger partial charge in [-0.15, -0.1) is 0 Å². The molecular weight excluding hydrogens is 202 g/mol. The first-order valence-corrected chi connectivity index (χ1v) is 5.83. The molecule has 86 valence electrons. The lowest BCUT2D eigenvalue weighted by Gasteiger charge is -2.46. The third-order valence-electron chi connectivity index (χ3n) is 3.72. The number of aromatic nitrogens is 1. The Hall–Kier alpha value is -1.38. The summed E-state index contributed by atoms with van der Waals surface area (Å²) in [6, 6.07) is 3.72. The quantitative estimate of drug-likeness (QED) is 0.781. The zero-order valence-corrected chi connectivity index (χ0v) is 9.77.